The van der Waals surface area contributed by atoms with Gasteiger partial charge in [0, 0.05) is 37.7 Å². The Labute approximate surface area is 109 Å². The predicted molar refractivity (Wildman–Crippen MR) is 62.8 cm³/mol. The van der Waals surface area contributed by atoms with E-state index in [-0.39, 0.29) is 43.8 Å². The second kappa shape index (κ2) is 4.83. The summed E-state index contributed by atoms with van der Waals surface area (Å²) in [5, 5.41) is 8.84. The molecule has 1 saturated heterocycles. The van der Waals surface area contributed by atoms with E-state index >= 15 is 0 Å². The fourth-order valence-corrected chi connectivity index (χ4v) is 2.22. The van der Waals surface area contributed by atoms with E-state index in [2.05, 4.69) is 0 Å². The average Bonchev–Trinajstić information content (AvgIpc) is 2.80. The van der Waals surface area contributed by atoms with Gasteiger partial charge in [0.1, 0.15) is 0 Å². The molecular weight excluding hydrogens is 252 g/mol. The first-order chi connectivity index (χ1) is 8.90. The summed E-state index contributed by atoms with van der Waals surface area (Å²) < 4.78 is 0. The number of carbonyl (C=O) groups excluding carboxylic acids is 3. The van der Waals surface area contributed by atoms with Crippen molar-refractivity contribution in [2.75, 3.05) is 19.6 Å². The van der Waals surface area contributed by atoms with Crippen molar-refractivity contribution in [2.45, 2.75) is 13.3 Å². The van der Waals surface area contributed by atoms with Gasteiger partial charge in [0.25, 0.3) is 11.8 Å². The Morgan fingerprint density at radius 3 is 2.53 bits per heavy atom. The first kappa shape index (κ1) is 13.3. The maximum Gasteiger partial charge on any atom is 0.308 e. The van der Waals surface area contributed by atoms with Gasteiger partial charge in [-0.15, -0.1) is 0 Å². The number of carboxylic acids is 1. The molecule has 2 rings (SSSR count). The van der Waals surface area contributed by atoms with Crippen LogP contribution in [0.1, 0.15) is 13.3 Å². The summed E-state index contributed by atoms with van der Waals surface area (Å²) in [5.41, 5.74) is 0.376. The minimum Gasteiger partial charge on any atom is -0.481 e. The number of likely N-dealkylation sites (tertiary alicyclic amines) is 1. The molecule has 0 saturated carbocycles. The molecule has 0 aromatic rings. The van der Waals surface area contributed by atoms with Crippen LogP contribution in [0, 0.1) is 5.92 Å². The number of imide groups is 1. The van der Waals surface area contributed by atoms with E-state index in [9.17, 15) is 19.2 Å². The minimum absolute atomic E-state index is 0.0193. The fraction of sp³-hybridized carbons (Fsp3) is 0.500. The van der Waals surface area contributed by atoms with Crippen molar-refractivity contribution < 1.29 is 24.3 Å². The predicted octanol–water partition coefficient (Wildman–Crippen LogP) is -0.765. The molecule has 7 heteroatoms. The van der Waals surface area contributed by atoms with Crippen LogP contribution < -0.4 is 0 Å². The number of aliphatic carboxylic acids is 1. The SMILES string of the molecule is CC1=CC(=O)N(CCN2CC(C(=O)O)CC2=O)C1=O. The van der Waals surface area contributed by atoms with E-state index in [0.717, 1.165) is 4.90 Å². The van der Waals surface area contributed by atoms with Gasteiger partial charge in [-0.05, 0) is 6.92 Å². The number of hydrogen-bond acceptors (Lipinski definition) is 4. The Bertz CT molecular complexity index is 496. The van der Waals surface area contributed by atoms with E-state index in [1.54, 1.807) is 6.92 Å². The molecule has 1 fully saturated rings. The van der Waals surface area contributed by atoms with Crippen molar-refractivity contribution >= 4 is 23.7 Å². The molecule has 1 atom stereocenters. The van der Waals surface area contributed by atoms with E-state index in [1.807, 2.05) is 0 Å². The smallest absolute Gasteiger partial charge is 0.308 e. The Morgan fingerprint density at radius 1 is 1.37 bits per heavy atom. The summed E-state index contributed by atoms with van der Waals surface area (Å²) in [4.78, 5) is 47.9. The zero-order valence-electron chi connectivity index (χ0n) is 10.5. The van der Waals surface area contributed by atoms with Gasteiger partial charge in [-0.3, -0.25) is 24.1 Å². The average molecular weight is 266 g/mol. The van der Waals surface area contributed by atoms with Gasteiger partial charge in [0.15, 0.2) is 0 Å². The summed E-state index contributed by atoms with van der Waals surface area (Å²) in [5.74, 6) is -2.69. The van der Waals surface area contributed by atoms with Gasteiger partial charge >= 0.3 is 5.97 Å². The molecule has 7 nitrogen and oxygen atoms in total. The maximum absolute atomic E-state index is 11.6. The van der Waals surface area contributed by atoms with Crippen LogP contribution in [0.2, 0.25) is 0 Å². The largest absolute Gasteiger partial charge is 0.481 e. The van der Waals surface area contributed by atoms with Gasteiger partial charge in [-0.25, -0.2) is 0 Å². The van der Waals surface area contributed by atoms with Gasteiger partial charge in [-0.2, -0.15) is 0 Å². The molecule has 2 heterocycles. The van der Waals surface area contributed by atoms with Crippen LogP contribution in [0.4, 0.5) is 0 Å². The first-order valence-corrected chi connectivity index (χ1v) is 5.95. The maximum atomic E-state index is 11.6. The van der Waals surface area contributed by atoms with Crippen LogP contribution in [0.15, 0.2) is 11.6 Å². The van der Waals surface area contributed by atoms with Crippen molar-refractivity contribution in [1.82, 2.24) is 9.80 Å². The van der Waals surface area contributed by atoms with E-state index < -0.39 is 11.9 Å². The Kier molecular flexibility index (Phi) is 3.37. The molecule has 1 N–H and O–H groups in total. The number of carboxylic acid groups (broad SMARTS) is 1. The monoisotopic (exact) mass is 266 g/mol. The summed E-state index contributed by atoms with van der Waals surface area (Å²) in [6.07, 6.45) is 1.24. The highest BCUT2D eigenvalue weighted by Gasteiger charge is 2.35. The van der Waals surface area contributed by atoms with Gasteiger partial charge < -0.3 is 10.0 Å². The highest BCUT2D eigenvalue weighted by atomic mass is 16.4. The van der Waals surface area contributed by atoms with Gasteiger partial charge in [-0.1, -0.05) is 0 Å². The van der Waals surface area contributed by atoms with Crippen molar-refractivity contribution in [3.63, 3.8) is 0 Å². The number of hydrogen-bond donors (Lipinski definition) is 1. The summed E-state index contributed by atoms with van der Waals surface area (Å²) in [6, 6.07) is 0. The fourth-order valence-electron chi connectivity index (χ4n) is 2.22. The first-order valence-electron chi connectivity index (χ1n) is 5.95. The summed E-state index contributed by atoms with van der Waals surface area (Å²) >= 11 is 0. The van der Waals surface area contributed by atoms with Crippen LogP contribution in [-0.2, 0) is 19.2 Å². The third-order valence-electron chi connectivity index (χ3n) is 3.35. The lowest BCUT2D eigenvalue weighted by Crippen LogP contribution is -2.39. The second-order valence-electron chi connectivity index (χ2n) is 4.70. The van der Waals surface area contributed by atoms with Crippen LogP contribution in [-0.4, -0.2) is 58.2 Å². The molecule has 2 aliphatic heterocycles. The molecule has 3 amide bonds. The second-order valence-corrected chi connectivity index (χ2v) is 4.70. The minimum atomic E-state index is -0.998. The lowest BCUT2D eigenvalue weighted by Gasteiger charge is -2.20. The quantitative estimate of drug-likeness (QED) is 0.674. The molecule has 0 aromatic heterocycles. The number of amides is 3. The van der Waals surface area contributed by atoms with Crippen LogP contribution in [0.25, 0.3) is 0 Å². The van der Waals surface area contributed by atoms with Gasteiger partial charge in [0.2, 0.25) is 5.91 Å². The number of rotatable bonds is 4. The molecule has 0 bridgehead atoms. The normalized spacial score (nSPS) is 23.3. The Hall–Kier alpha value is -2.18. The Morgan fingerprint density at radius 2 is 2.05 bits per heavy atom. The van der Waals surface area contributed by atoms with Gasteiger partial charge in [0.05, 0.1) is 5.92 Å². The topological polar surface area (TPSA) is 95.0 Å². The molecule has 1 unspecified atom stereocenters. The van der Waals surface area contributed by atoms with Crippen molar-refractivity contribution in [3.05, 3.63) is 11.6 Å². The zero-order chi connectivity index (χ0) is 14.2. The number of nitrogens with zero attached hydrogens (tertiary/aromatic N) is 2. The zero-order valence-corrected chi connectivity index (χ0v) is 10.5. The van der Waals surface area contributed by atoms with E-state index in [0.29, 0.717) is 5.57 Å². The molecule has 0 radical (unpaired) electrons. The Balaban J connectivity index is 1.90. The summed E-state index contributed by atoms with van der Waals surface area (Å²) in [6.45, 7) is 1.98. The van der Waals surface area contributed by atoms with Crippen LogP contribution >= 0.6 is 0 Å². The highest BCUT2D eigenvalue weighted by molar-refractivity contribution is 6.15. The van der Waals surface area contributed by atoms with E-state index in [1.165, 1.54) is 11.0 Å². The van der Waals surface area contributed by atoms with Crippen LogP contribution in [0.3, 0.4) is 0 Å². The third kappa shape index (κ3) is 2.49. The number of carbonyl (C=O) groups is 4. The highest BCUT2D eigenvalue weighted by Crippen LogP contribution is 2.18. The lowest BCUT2D eigenvalue weighted by atomic mass is 10.1. The van der Waals surface area contributed by atoms with Crippen molar-refractivity contribution in [2.24, 2.45) is 5.92 Å². The standard InChI is InChI=1S/C12H14N2O5/c1-7-4-10(16)14(11(7)17)3-2-13-6-8(12(18)19)5-9(13)15/h4,8H,2-3,5-6H2,1H3,(H,18,19). The van der Waals surface area contributed by atoms with E-state index in [4.69, 9.17) is 5.11 Å². The molecule has 19 heavy (non-hydrogen) atoms. The van der Waals surface area contributed by atoms with Crippen molar-refractivity contribution in [3.8, 4) is 0 Å². The molecule has 2 aliphatic rings. The molecular formula is C12H14N2O5. The summed E-state index contributed by atoms with van der Waals surface area (Å²) in [7, 11) is 0. The molecule has 0 aromatic carbocycles. The third-order valence-corrected chi connectivity index (χ3v) is 3.35. The molecule has 102 valence electrons. The molecule has 0 aliphatic carbocycles. The molecule has 0 spiro atoms. The lowest BCUT2D eigenvalue weighted by molar-refractivity contribution is -0.142. The van der Waals surface area contributed by atoms with Crippen LogP contribution in [0.5, 0.6) is 0 Å². The van der Waals surface area contributed by atoms with Crippen molar-refractivity contribution in [1.29, 1.82) is 0 Å².